The lowest BCUT2D eigenvalue weighted by molar-refractivity contribution is 0.00867. The quantitative estimate of drug-likeness (QED) is 0.843. The van der Waals surface area contributed by atoms with E-state index in [1.807, 2.05) is 36.4 Å². The average molecular weight is 288 g/mol. The number of ether oxygens (including phenoxy) is 1. The molecule has 0 amide bonds. The Morgan fingerprint density at radius 2 is 1.85 bits per heavy atom. The Labute approximate surface area is 125 Å². The van der Waals surface area contributed by atoms with Crippen molar-refractivity contribution in [2.24, 2.45) is 5.41 Å². The summed E-state index contributed by atoms with van der Waals surface area (Å²) in [5.74, 6) is 0.770. The fourth-order valence-corrected chi connectivity index (χ4v) is 2.47. The van der Waals surface area contributed by atoms with Gasteiger partial charge in [0, 0.05) is 12.8 Å². The van der Waals surface area contributed by atoms with Crippen molar-refractivity contribution in [3.8, 4) is 11.3 Å². The number of aromatic nitrogens is 2. The molecule has 0 fully saturated rings. The van der Waals surface area contributed by atoms with Crippen molar-refractivity contribution in [3.63, 3.8) is 0 Å². The maximum absolute atomic E-state index is 5.61. The third-order valence-corrected chi connectivity index (χ3v) is 3.33. The summed E-state index contributed by atoms with van der Waals surface area (Å²) in [4.78, 5) is 7.79. The standard InChI is InChI=1S/C16H20N2OS/c1-16(2,3)14(19-4)15-17-12(10-13(20)18-15)11-8-6-5-7-9-11/h5-10,14H,1-4H3,(H,17,18,20). The van der Waals surface area contributed by atoms with Gasteiger partial charge < -0.3 is 9.72 Å². The maximum Gasteiger partial charge on any atom is 0.137 e. The highest BCUT2D eigenvalue weighted by Gasteiger charge is 2.28. The molecule has 4 heteroatoms. The predicted octanol–water partition coefficient (Wildman–Crippen LogP) is 4.54. The Morgan fingerprint density at radius 3 is 2.40 bits per heavy atom. The van der Waals surface area contributed by atoms with E-state index in [1.165, 1.54) is 0 Å². The Kier molecular flexibility index (Phi) is 4.35. The van der Waals surface area contributed by atoms with E-state index in [0.717, 1.165) is 17.1 Å². The Morgan fingerprint density at radius 1 is 1.20 bits per heavy atom. The summed E-state index contributed by atoms with van der Waals surface area (Å²) >= 11 is 5.29. The molecule has 2 aromatic rings. The number of benzene rings is 1. The Hall–Kier alpha value is -1.52. The first-order valence-electron chi connectivity index (χ1n) is 6.61. The fourth-order valence-electron chi connectivity index (χ4n) is 2.25. The summed E-state index contributed by atoms with van der Waals surface area (Å²) in [6.07, 6.45) is -0.132. The van der Waals surface area contributed by atoms with Gasteiger partial charge in [-0.2, -0.15) is 0 Å². The molecule has 0 aliphatic rings. The molecule has 1 N–H and O–H groups in total. The van der Waals surface area contributed by atoms with Gasteiger partial charge in [0.15, 0.2) is 0 Å². The monoisotopic (exact) mass is 288 g/mol. The molecule has 3 nitrogen and oxygen atoms in total. The molecule has 0 bridgehead atoms. The second-order valence-electron chi connectivity index (χ2n) is 5.87. The summed E-state index contributed by atoms with van der Waals surface area (Å²) in [5.41, 5.74) is 1.99. The van der Waals surface area contributed by atoms with E-state index in [1.54, 1.807) is 7.11 Å². The lowest BCUT2D eigenvalue weighted by Gasteiger charge is -2.28. The molecule has 0 aliphatic heterocycles. The second kappa shape index (κ2) is 5.85. The molecule has 0 aliphatic carbocycles. The van der Waals surface area contributed by atoms with E-state index < -0.39 is 0 Å². The van der Waals surface area contributed by atoms with Gasteiger partial charge in [-0.25, -0.2) is 4.98 Å². The molecule has 1 atom stereocenters. The predicted molar refractivity (Wildman–Crippen MR) is 84.1 cm³/mol. The molecule has 0 saturated carbocycles. The number of methoxy groups -OCH3 is 1. The van der Waals surface area contributed by atoms with Crippen LogP contribution in [0.3, 0.4) is 0 Å². The first-order valence-corrected chi connectivity index (χ1v) is 7.02. The van der Waals surface area contributed by atoms with Crippen LogP contribution in [0.4, 0.5) is 0 Å². The topological polar surface area (TPSA) is 37.9 Å². The van der Waals surface area contributed by atoms with E-state index in [4.69, 9.17) is 17.0 Å². The second-order valence-corrected chi connectivity index (χ2v) is 6.28. The van der Waals surface area contributed by atoms with Crippen LogP contribution in [0.15, 0.2) is 36.4 Å². The SMILES string of the molecule is COC(c1nc(=S)cc(-c2ccccc2)[nH]1)C(C)(C)C. The van der Waals surface area contributed by atoms with Crippen molar-refractivity contribution in [1.82, 2.24) is 9.97 Å². The molecule has 1 unspecified atom stereocenters. The number of nitrogens with zero attached hydrogens (tertiary/aromatic N) is 1. The van der Waals surface area contributed by atoms with Crippen molar-refractivity contribution in [3.05, 3.63) is 46.9 Å². The van der Waals surface area contributed by atoms with Gasteiger partial charge in [0.1, 0.15) is 16.6 Å². The van der Waals surface area contributed by atoms with Gasteiger partial charge in [0.05, 0.1) is 0 Å². The van der Waals surface area contributed by atoms with Gasteiger partial charge in [0.25, 0.3) is 0 Å². The van der Waals surface area contributed by atoms with E-state index in [9.17, 15) is 0 Å². The lowest BCUT2D eigenvalue weighted by Crippen LogP contribution is -2.22. The van der Waals surface area contributed by atoms with E-state index in [2.05, 4.69) is 30.7 Å². The summed E-state index contributed by atoms with van der Waals surface area (Å²) < 4.78 is 6.18. The van der Waals surface area contributed by atoms with Crippen molar-refractivity contribution in [2.75, 3.05) is 7.11 Å². The third-order valence-electron chi connectivity index (χ3n) is 3.12. The minimum Gasteiger partial charge on any atom is -0.373 e. The first kappa shape index (κ1) is 14.9. The van der Waals surface area contributed by atoms with Gasteiger partial charge in [-0.15, -0.1) is 0 Å². The highest BCUT2D eigenvalue weighted by atomic mass is 32.1. The number of nitrogens with one attached hydrogen (secondary N) is 1. The highest BCUT2D eigenvalue weighted by Crippen LogP contribution is 2.34. The number of rotatable bonds is 3. The van der Waals surface area contributed by atoms with Crippen molar-refractivity contribution >= 4 is 12.2 Å². The molecule has 2 rings (SSSR count). The molecule has 1 aromatic carbocycles. The number of H-pyrrole nitrogens is 1. The van der Waals surface area contributed by atoms with Gasteiger partial charge in [-0.3, -0.25) is 0 Å². The zero-order valence-electron chi connectivity index (χ0n) is 12.3. The highest BCUT2D eigenvalue weighted by molar-refractivity contribution is 7.71. The van der Waals surface area contributed by atoms with Gasteiger partial charge in [-0.05, 0) is 17.0 Å². The minimum atomic E-state index is -0.132. The van der Waals surface area contributed by atoms with E-state index >= 15 is 0 Å². The van der Waals surface area contributed by atoms with Gasteiger partial charge in [-0.1, -0.05) is 63.3 Å². The molecular formula is C16H20N2OS. The molecular weight excluding hydrogens is 268 g/mol. The van der Waals surface area contributed by atoms with E-state index in [-0.39, 0.29) is 11.5 Å². The largest absolute Gasteiger partial charge is 0.373 e. The van der Waals surface area contributed by atoms with Crippen LogP contribution in [-0.4, -0.2) is 17.1 Å². The van der Waals surface area contributed by atoms with Crippen LogP contribution in [0.1, 0.15) is 32.7 Å². The molecule has 0 radical (unpaired) electrons. The third kappa shape index (κ3) is 3.32. The molecule has 1 aromatic heterocycles. The van der Waals surface area contributed by atoms with Crippen LogP contribution >= 0.6 is 12.2 Å². The molecule has 0 saturated heterocycles. The Bertz CT molecular complexity index is 629. The van der Waals surface area contributed by atoms with Crippen LogP contribution in [0, 0.1) is 10.1 Å². The van der Waals surface area contributed by atoms with Crippen LogP contribution in [-0.2, 0) is 4.74 Å². The normalized spacial score (nSPS) is 13.2. The molecule has 1 heterocycles. The minimum absolute atomic E-state index is 0.0602. The number of hydrogen-bond acceptors (Lipinski definition) is 3. The zero-order chi connectivity index (χ0) is 14.8. The smallest absolute Gasteiger partial charge is 0.137 e. The maximum atomic E-state index is 5.61. The number of hydrogen-bond donors (Lipinski definition) is 1. The van der Waals surface area contributed by atoms with Crippen LogP contribution in [0.5, 0.6) is 0 Å². The fraction of sp³-hybridized carbons (Fsp3) is 0.375. The van der Waals surface area contributed by atoms with Crippen molar-refractivity contribution in [1.29, 1.82) is 0 Å². The molecule has 106 valence electrons. The van der Waals surface area contributed by atoms with Crippen LogP contribution < -0.4 is 0 Å². The number of aromatic amines is 1. The van der Waals surface area contributed by atoms with Crippen molar-refractivity contribution < 1.29 is 4.74 Å². The molecule has 0 spiro atoms. The lowest BCUT2D eigenvalue weighted by atomic mass is 9.88. The summed E-state index contributed by atoms with van der Waals surface area (Å²) in [6.45, 7) is 6.36. The molecule has 20 heavy (non-hydrogen) atoms. The van der Waals surface area contributed by atoms with E-state index in [0.29, 0.717) is 4.64 Å². The Balaban J connectivity index is 2.52. The summed E-state index contributed by atoms with van der Waals surface area (Å²) in [7, 11) is 1.70. The van der Waals surface area contributed by atoms with Crippen molar-refractivity contribution in [2.45, 2.75) is 26.9 Å². The van der Waals surface area contributed by atoms with Gasteiger partial charge >= 0.3 is 0 Å². The summed E-state index contributed by atoms with van der Waals surface area (Å²) in [5, 5.41) is 0. The average Bonchev–Trinajstić information content (AvgIpc) is 2.38. The van der Waals surface area contributed by atoms with Crippen LogP contribution in [0.25, 0.3) is 11.3 Å². The zero-order valence-corrected chi connectivity index (χ0v) is 13.1. The van der Waals surface area contributed by atoms with Gasteiger partial charge in [0.2, 0.25) is 0 Å². The summed E-state index contributed by atoms with van der Waals surface area (Å²) in [6, 6.07) is 12.0. The first-order chi connectivity index (χ1) is 9.41. The van der Waals surface area contributed by atoms with Crippen LogP contribution in [0.2, 0.25) is 0 Å².